The largest absolute Gasteiger partial charge is 0.466 e. The highest BCUT2D eigenvalue weighted by Gasteiger charge is 2.07. The van der Waals surface area contributed by atoms with E-state index in [0.717, 1.165) is 6.08 Å². The van der Waals surface area contributed by atoms with E-state index in [4.69, 9.17) is 0 Å². The highest BCUT2D eigenvalue weighted by atomic mass is 16.5. The Morgan fingerprint density at radius 3 is 2.15 bits per heavy atom. The lowest BCUT2D eigenvalue weighted by Crippen LogP contribution is -2.06. The van der Waals surface area contributed by atoms with Crippen LogP contribution in [0.15, 0.2) is 11.6 Å². The highest BCUT2D eigenvalue weighted by Crippen LogP contribution is 1.97. The zero-order valence-electron chi connectivity index (χ0n) is 7.92. The van der Waals surface area contributed by atoms with Crippen LogP contribution in [0.2, 0.25) is 0 Å². The predicted molar refractivity (Wildman–Crippen MR) is 46.1 cm³/mol. The number of carbonyl (C=O) groups is 3. The zero-order chi connectivity index (χ0) is 10.4. The molecule has 0 spiro atoms. The Morgan fingerprint density at radius 1 is 1.23 bits per heavy atom. The monoisotopic (exact) mass is 184 g/mol. The minimum absolute atomic E-state index is 0.172. The van der Waals surface area contributed by atoms with Gasteiger partial charge in [-0.2, -0.15) is 0 Å². The maximum atomic E-state index is 11.0. The third kappa shape index (κ3) is 4.90. The molecule has 0 atom stereocenters. The summed E-state index contributed by atoms with van der Waals surface area (Å²) in [6, 6.07) is 0. The van der Waals surface area contributed by atoms with E-state index >= 15 is 0 Å². The number of rotatable bonds is 4. The van der Waals surface area contributed by atoms with Crippen LogP contribution < -0.4 is 0 Å². The molecule has 0 radical (unpaired) electrons. The average molecular weight is 184 g/mol. The lowest BCUT2D eigenvalue weighted by atomic mass is 10.1. The molecule has 0 aliphatic carbocycles. The van der Waals surface area contributed by atoms with Gasteiger partial charge in [0.2, 0.25) is 0 Å². The number of esters is 1. The quantitative estimate of drug-likeness (QED) is 0.365. The summed E-state index contributed by atoms with van der Waals surface area (Å²) in [5, 5.41) is 0. The lowest BCUT2D eigenvalue weighted by molar-refractivity contribution is -0.136. The summed E-state index contributed by atoms with van der Waals surface area (Å²) in [5.74, 6) is -1.16. The van der Waals surface area contributed by atoms with Crippen molar-refractivity contribution in [3.63, 3.8) is 0 Å². The SMILES string of the molecule is COC(=O)C(C)=CC(=O)CC(C)=O. The molecule has 4 heteroatoms. The van der Waals surface area contributed by atoms with Gasteiger partial charge in [0.15, 0.2) is 5.78 Å². The smallest absolute Gasteiger partial charge is 0.333 e. The number of carbonyl (C=O) groups excluding carboxylic acids is 3. The van der Waals surface area contributed by atoms with E-state index < -0.39 is 5.97 Å². The first-order chi connectivity index (χ1) is 5.97. The Morgan fingerprint density at radius 2 is 1.77 bits per heavy atom. The van der Waals surface area contributed by atoms with Crippen molar-refractivity contribution in [3.8, 4) is 0 Å². The van der Waals surface area contributed by atoms with Crippen molar-refractivity contribution < 1.29 is 19.1 Å². The van der Waals surface area contributed by atoms with Gasteiger partial charge in [0, 0.05) is 5.57 Å². The van der Waals surface area contributed by atoms with Crippen LogP contribution in [0.4, 0.5) is 0 Å². The molecule has 0 aromatic heterocycles. The Hall–Kier alpha value is -1.45. The number of methoxy groups -OCH3 is 1. The fourth-order valence-corrected chi connectivity index (χ4v) is 0.758. The van der Waals surface area contributed by atoms with E-state index in [1.165, 1.54) is 21.0 Å². The first kappa shape index (κ1) is 11.6. The van der Waals surface area contributed by atoms with Gasteiger partial charge in [0.1, 0.15) is 5.78 Å². The van der Waals surface area contributed by atoms with Gasteiger partial charge in [-0.3, -0.25) is 9.59 Å². The van der Waals surface area contributed by atoms with Gasteiger partial charge in [-0.25, -0.2) is 4.79 Å². The molecule has 0 saturated carbocycles. The molecule has 0 amide bonds. The molecular formula is C9H12O4. The van der Waals surface area contributed by atoms with Crippen molar-refractivity contribution in [3.05, 3.63) is 11.6 Å². The van der Waals surface area contributed by atoms with Gasteiger partial charge in [0.25, 0.3) is 0 Å². The Kier molecular flexibility index (Phi) is 4.66. The second-order valence-electron chi connectivity index (χ2n) is 2.66. The predicted octanol–water partition coefficient (Wildman–Crippen LogP) is 0.654. The molecule has 0 bridgehead atoms. The number of ketones is 2. The van der Waals surface area contributed by atoms with Gasteiger partial charge in [-0.1, -0.05) is 0 Å². The third-order valence-electron chi connectivity index (χ3n) is 1.31. The van der Waals surface area contributed by atoms with Crippen LogP contribution in [0, 0.1) is 0 Å². The van der Waals surface area contributed by atoms with E-state index in [0.29, 0.717) is 0 Å². The van der Waals surface area contributed by atoms with E-state index in [9.17, 15) is 14.4 Å². The summed E-state index contributed by atoms with van der Waals surface area (Å²) in [5.41, 5.74) is 0.203. The molecule has 0 N–H and O–H groups in total. The van der Waals surface area contributed by atoms with Crippen LogP contribution in [0.3, 0.4) is 0 Å². The summed E-state index contributed by atoms with van der Waals surface area (Å²) in [7, 11) is 1.23. The molecule has 0 rings (SSSR count). The standard InChI is InChI=1S/C9H12O4/c1-6(9(12)13-3)4-8(11)5-7(2)10/h4H,5H2,1-3H3. The summed E-state index contributed by atoms with van der Waals surface area (Å²) in [6.07, 6.45) is 0.946. The van der Waals surface area contributed by atoms with Gasteiger partial charge < -0.3 is 4.74 Å². The van der Waals surface area contributed by atoms with Crippen LogP contribution in [-0.2, 0) is 19.1 Å². The van der Waals surface area contributed by atoms with Crippen molar-refractivity contribution in [1.82, 2.24) is 0 Å². The fraction of sp³-hybridized carbons (Fsp3) is 0.444. The minimum Gasteiger partial charge on any atom is -0.466 e. The number of hydrogen-bond donors (Lipinski definition) is 0. The molecule has 0 aromatic carbocycles. The van der Waals surface area contributed by atoms with E-state index in [-0.39, 0.29) is 23.6 Å². The Balaban J connectivity index is 4.30. The van der Waals surface area contributed by atoms with E-state index in [2.05, 4.69) is 4.74 Å². The van der Waals surface area contributed by atoms with Crippen LogP contribution in [0.25, 0.3) is 0 Å². The average Bonchev–Trinajstić information content (AvgIpc) is 2.01. The molecule has 0 aliphatic rings. The minimum atomic E-state index is -0.558. The molecule has 0 heterocycles. The maximum absolute atomic E-state index is 11.0. The lowest BCUT2D eigenvalue weighted by Gasteiger charge is -1.96. The first-order valence-corrected chi connectivity index (χ1v) is 3.76. The molecule has 0 saturated heterocycles. The summed E-state index contributed by atoms with van der Waals surface area (Å²) < 4.78 is 4.37. The number of hydrogen-bond acceptors (Lipinski definition) is 4. The van der Waals surface area contributed by atoms with Crippen molar-refractivity contribution in [1.29, 1.82) is 0 Å². The summed E-state index contributed by atoms with van der Waals surface area (Å²) in [4.78, 5) is 32.3. The fourth-order valence-electron chi connectivity index (χ4n) is 0.758. The molecule has 0 aliphatic heterocycles. The molecule has 72 valence electrons. The highest BCUT2D eigenvalue weighted by molar-refractivity contribution is 6.06. The third-order valence-corrected chi connectivity index (χ3v) is 1.31. The van der Waals surface area contributed by atoms with Crippen molar-refractivity contribution in [2.75, 3.05) is 7.11 Å². The van der Waals surface area contributed by atoms with Gasteiger partial charge in [-0.05, 0) is 19.9 Å². The van der Waals surface area contributed by atoms with Crippen molar-refractivity contribution in [2.24, 2.45) is 0 Å². The first-order valence-electron chi connectivity index (χ1n) is 3.76. The molecule has 0 unspecified atom stereocenters. The van der Waals surface area contributed by atoms with Gasteiger partial charge in [0.05, 0.1) is 13.5 Å². The van der Waals surface area contributed by atoms with Crippen LogP contribution in [0.5, 0.6) is 0 Å². The zero-order valence-corrected chi connectivity index (χ0v) is 7.92. The van der Waals surface area contributed by atoms with Crippen LogP contribution in [0.1, 0.15) is 20.3 Å². The molecule has 0 aromatic rings. The maximum Gasteiger partial charge on any atom is 0.333 e. The van der Waals surface area contributed by atoms with E-state index in [1.807, 2.05) is 0 Å². The van der Waals surface area contributed by atoms with E-state index in [1.54, 1.807) is 0 Å². The molecule has 0 fully saturated rings. The number of Topliss-reactive ketones (excluding diaryl/α,β-unsaturated/α-hetero) is 1. The Labute approximate surface area is 76.6 Å². The normalized spacial score (nSPS) is 10.8. The van der Waals surface area contributed by atoms with Crippen LogP contribution >= 0.6 is 0 Å². The topological polar surface area (TPSA) is 60.4 Å². The number of allylic oxidation sites excluding steroid dienone is 1. The van der Waals surface area contributed by atoms with Crippen molar-refractivity contribution in [2.45, 2.75) is 20.3 Å². The molecule has 13 heavy (non-hydrogen) atoms. The van der Waals surface area contributed by atoms with Gasteiger partial charge >= 0.3 is 5.97 Å². The second-order valence-corrected chi connectivity index (χ2v) is 2.66. The number of ether oxygens (including phenoxy) is 1. The van der Waals surface area contributed by atoms with Crippen molar-refractivity contribution >= 4 is 17.5 Å². The Bertz CT molecular complexity index is 263. The molecular weight excluding hydrogens is 172 g/mol. The second kappa shape index (κ2) is 5.24. The summed E-state index contributed by atoms with van der Waals surface area (Å²) >= 11 is 0. The molecule has 4 nitrogen and oxygen atoms in total. The summed E-state index contributed by atoms with van der Waals surface area (Å²) in [6.45, 7) is 2.78. The van der Waals surface area contributed by atoms with Crippen LogP contribution in [-0.4, -0.2) is 24.6 Å². The van der Waals surface area contributed by atoms with Gasteiger partial charge in [-0.15, -0.1) is 0 Å².